The maximum absolute atomic E-state index is 12.0. The lowest BCUT2D eigenvalue weighted by atomic mass is 10.2. The second kappa shape index (κ2) is 8.22. The van der Waals surface area contributed by atoms with Gasteiger partial charge in [-0.1, -0.05) is 35.5 Å². The highest BCUT2D eigenvalue weighted by molar-refractivity contribution is 5.77. The summed E-state index contributed by atoms with van der Waals surface area (Å²) in [7, 11) is 0. The number of ether oxygens (including phenoxy) is 1. The van der Waals surface area contributed by atoms with Crippen LogP contribution in [0.5, 0.6) is 0 Å². The van der Waals surface area contributed by atoms with Crippen LogP contribution in [0.15, 0.2) is 34.9 Å². The molecule has 2 aromatic rings. The molecule has 7 nitrogen and oxygen atoms in total. The molecule has 1 amide bonds. The number of nitrogens with zero attached hydrogens (tertiary/aromatic N) is 3. The minimum Gasteiger partial charge on any atom is -0.366 e. The van der Waals surface area contributed by atoms with E-state index in [0.717, 1.165) is 18.7 Å². The Kier molecular flexibility index (Phi) is 5.78. The van der Waals surface area contributed by atoms with Gasteiger partial charge < -0.3 is 14.6 Å². The van der Waals surface area contributed by atoms with E-state index >= 15 is 0 Å². The molecule has 3 rings (SSSR count). The zero-order valence-electron chi connectivity index (χ0n) is 14.6. The average Bonchev–Trinajstić information content (AvgIpc) is 3.09. The number of benzene rings is 1. The average molecular weight is 344 g/mol. The molecule has 0 unspecified atom stereocenters. The normalized spacial score (nSPS) is 18.4. The van der Waals surface area contributed by atoms with E-state index < -0.39 is 0 Å². The van der Waals surface area contributed by atoms with E-state index in [-0.39, 0.29) is 18.4 Å². The molecule has 1 aliphatic heterocycles. The van der Waals surface area contributed by atoms with Crippen LogP contribution < -0.4 is 5.32 Å². The summed E-state index contributed by atoms with van der Waals surface area (Å²) in [6, 6.07) is 10.2. The lowest BCUT2D eigenvalue weighted by molar-refractivity contribution is -0.120. The van der Waals surface area contributed by atoms with Gasteiger partial charge in [0.15, 0.2) is 5.82 Å². The highest BCUT2D eigenvalue weighted by Gasteiger charge is 2.28. The van der Waals surface area contributed by atoms with Crippen molar-refractivity contribution in [1.29, 1.82) is 0 Å². The van der Waals surface area contributed by atoms with Gasteiger partial charge in [0, 0.05) is 25.7 Å². The quantitative estimate of drug-likeness (QED) is 0.859. The van der Waals surface area contributed by atoms with Crippen LogP contribution in [0.2, 0.25) is 0 Å². The monoisotopic (exact) mass is 344 g/mol. The molecule has 134 valence electrons. The van der Waals surface area contributed by atoms with Crippen LogP contribution in [0, 0.1) is 0 Å². The van der Waals surface area contributed by atoms with Gasteiger partial charge in [-0.2, -0.15) is 4.98 Å². The van der Waals surface area contributed by atoms with Crippen LogP contribution in [0.4, 0.5) is 0 Å². The van der Waals surface area contributed by atoms with Crippen LogP contribution >= 0.6 is 0 Å². The summed E-state index contributed by atoms with van der Waals surface area (Å²) in [5.41, 5.74) is 1.05. The number of morpholine rings is 1. The number of carbonyl (C=O) groups excluding carboxylic acids is 1. The van der Waals surface area contributed by atoms with Gasteiger partial charge in [0.2, 0.25) is 5.91 Å². The summed E-state index contributed by atoms with van der Waals surface area (Å²) in [5.74, 6) is 0.687. The molecule has 1 fully saturated rings. The van der Waals surface area contributed by atoms with E-state index in [1.165, 1.54) is 0 Å². The molecule has 25 heavy (non-hydrogen) atoms. The second-order valence-corrected chi connectivity index (χ2v) is 6.44. The predicted octanol–water partition coefficient (Wildman–Crippen LogP) is 1.71. The minimum atomic E-state index is -0.232. The lowest BCUT2D eigenvalue weighted by Crippen LogP contribution is -2.42. The maximum atomic E-state index is 12.0. The maximum Gasteiger partial charge on any atom is 0.257 e. The molecule has 2 heterocycles. The van der Waals surface area contributed by atoms with Crippen LogP contribution in [-0.2, 0) is 22.5 Å². The van der Waals surface area contributed by atoms with E-state index in [4.69, 9.17) is 9.26 Å². The Bertz CT molecular complexity index is 687. The molecule has 1 saturated heterocycles. The molecule has 1 aromatic carbocycles. The predicted molar refractivity (Wildman–Crippen MR) is 91.7 cm³/mol. The van der Waals surface area contributed by atoms with Crippen molar-refractivity contribution in [3.63, 3.8) is 0 Å². The third-order valence-corrected chi connectivity index (χ3v) is 4.24. The Morgan fingerprint density at radius 3 is 2.92 bits per heavy atom. The molecule has 1 aromatic heterocycles. The van der Waals surface area contributed by atoms with Crippen molar-refractivity contribution in [3.8, 4) is 0 Å². The summed E-state index contributed by atoms with van der Waals surface area (Å²) >= 11 is 0. The third kappa shape index (κ3) is 4.87. The summed E-state index contributed by atoms with van der Waals surface area (Å²) < 4.78 is 11.0. The number of hydrogen-bond acceptors (Lipinski definition) is 6. The molecular formula is C18H24N4O3. The summed E-state index contributed by atoms with van der Waals surface area (Å²) in [5, 5.41) is 6.77. The Hall–Kier alpha value is -2.25. The minimum absolute atomic E-state index is 0.0942. The molecule has 1 N–H and O–H groups in total. The molecule has 7 heteroatoms. The summed E-state index contributed by atoms with van der Waals surface area (Å²) in [6.07, 6.45) is -0.137. The highest BCUT2D eigenvalue weighted by atomic mass is 16.5. The topological polar surface area (TPSA) is 80.5 Å². The van der Waals surface area contributed by atoms with Crippen molar-refractivity contribution in [2.45, 2.75) is 39.0 Å². The van der Waals surface area contributed by atoms with Crippen LogP contribution in [0.25, 0.3) is 0 Å². The molecule has 0 radical (unpaired) electrons. The standard InChI is InChI=1S/C18H24N4O3/c1-13(2)22-8-9-24-15(12-22)18-20-16(21-25-18)10-17(23)19-11-14-6-4-3-5-7-14/h3-7,13,15H,8-12H2,1-2H3,(H,19,23)/t15-/m1/s1. The van der Waals surface area contributed by atoms with Gasteiger partial charge in [0.05, 0.1) is 13.0 Å². The smallest absolute Gasteiger partial charge is 0.257 e. The van der Waals surface area contributed by atoms with E-state index in [1.54, 1.807) is 0 Å². The third-order valence-electron chi connectivity index (χ3n) is 4.24. The fourth-order valence-corrected chi connectivity index (χ4v) is 2.76. The Labute approximate surface area is 147 Å². The Balaban J connectivity index is 1.52. The fraction of sp³-hybridized carbons (Fsp3) is 0.500. The lowest BCUT2D eigenvalue weighted by Gasteiger charge is -2.33. The van der Waals surface area contributed by atoms with Crippen molar-refractivity contribution in [2.24, 2.45) is 0 Å². The van der Waals surface area contributed by atoms with Gasteiger partial charge in [-0.05, 0) is 19.4 Å². The number of aromatic nitrogens is 2. The first kappa shape index (κ1) is 17.6. The van der Waals surface area contributed by atoms with Crippen LogP contribution in [-0.4, -0.2) is 46.7 Å². The molecule has 0 bridgehead atoms. The van der Waals surface area contributed by atoms with Crippen molar-refractivity contribution < 1.29 is 14.1 Å². The second-order valence-electron chi connectivity index (χ2n) is 6.44. The molecule has 1 aliphatic rings. The van der Waals surface area contributed by atoms with Gasteiger partial charge in [0.25, 0.3) is 5.89 Å². The van der Waals surface area contributed by atoms with E-state index in [1.807, 2.05) is 30.3 Å². The first-order chi connectivity index (χ1) is 12.1. The number of hydrogen-bond donors (Lipinski definition) is 1. The van der Waals surface area contributed by atoms with E-state index in [2.05, 4.69) is 34.2 Å². The molecule has 0 aliphatic carbocycles. The molecule has 0 spiro atoms. The van der Waals surface area contributed by atoms with Crippen molar-refractivity contribution in [1.82, 2.24) is 20.4 Å². The molecular weight excluding hydrogens is 320 g/mol. The van der Waals surface area contributed by atoms with Crippen LogP contribution in [0.3, 0.4) is 0 Å². The largest absolute Gasteiger partial charge is 0.366 e. The summed E-state index contributed by atoms with van der Waals surface area (Å²) in [6.45, 7) is 7.05. The first-order valence-corrected chi connectivity index (χ1v) is 8.60. The SMILES string of the molecule is CC(C)N1CCO[C@@H](c2nc(CC(=O)NCc3ccccc3)no2)C1. The van der Waals surface area contributed by atoms with Gasteiger partial charge >= 0.3 is 0 Å². The van der Waals surface area contributed by atoms with E-state index in [9.17, 15) is 4.79 Å². The summed E-state index contributed by atoms with van der Waals surface area (Å²) in [4.78, 5) is 18.7. The first-order valence-electron chi connectivity index (χ1n) is 8.60. The van der Waals surface area contributed by atoms with Gasteiger partial charge in [-0.3, -0.25) is 9.69 Å². The Morgan fingerprint density at radius 2 is 2.16 bits per heavy atom. The zero-order chi connectivity index (χ0) is 17.6. The van der Waals surface area contributed by atoms with Gasteiger partial charge in [0.1, 0.15) is 6.10 Å². The van der Waals surface area contributed by atoms with Gasteiger partial charge in [-0.25, -0.2) is 0 Å². The van der Waals surface area contributed by atoms with Crippen molar-refractivity contribution >= 4 is 5.91 Å². The zero-order valence-corrected chi connectivity index (χ0v) is 14.6. The Morgan fingerprint density at radius 1 is 1.36 bits per heavy atom. The number of nitrogens with one attached hydrogen (secondary N) is 1. The number of amides is 1. The highest BCUT2D eigenvalue weighted by Crippen LogP contribution is 2.22. The van der Waals surface area contributed by atoms with E-state index in [0.29, 0.717) is 30.9 Å². The number of carbonyl (C=O) groups is 1. The fourth-order valence-electron chi connectivity index (χ4n) is 2.76. The van der Waals surface area contributed by atoms with Crippen LogP contribution in [0.1, 0.15) is 37.2 Å². The van der Waals surface area contributed by atoms with Gasteiger partial charge in [-0.15, -0.1) is 0 Å². The molecule has 1 atom stereocenters. The van der Waals surface area contributed by atoms with Crippen molar-refractivity contribution in [3.05, 3.63) is 47.6 Å². The molecule has 0 saturated carbocycles. The number of rotatable bonds is 6. The van der Waals surface area contributed by atoms with Crippen molar-refractivity contribution in [2.75, 3.05) is 19.7 Å².